The molecular weight excluding hydrogens is 384 g/mol. The molecule has 1 heterocycles. The van der Waals surface area contributed by atoms with Crippen LogP contribution in [-0.4, -0.2) is 37.6 Å². The summed E-state index contributed by atoms with van der Waals surface area (Å²) in [6, 6.07) is 13.7. The number of benzene rings is 2. The molecular formula is C23H26N2O5. The van der Waals surface area contributed by atoms with E-state index in [9.17, 15) is 14.4 Å². The fraction of sp³-hybridized carbons (Fsp3) is 0.348. The van der Waals surface area contributed by atoms with E-state index >= 15 is 0 Å². The summed E-state index contributed by atoms with van der Waals surface area (Å²) in [5.74, 6) is -0.982. The van der Waals surface area contributed by atoms with Crippen molar-refractivity contribution in [3.8, 4) is 0 Å². The van der Waals surface area contributed by atoms with Gasteiger partial charge in [-0.25, -0.2) is 0 Å². The number of hydrogen-bond acceptors (Lipinski definition) is 5. The third-order valence-corrected chi connectivity index (χ3v) is 5.00. The van der Waals surface area contributed by atoms with Crippen molar-refractivity contribution in [3.63, 3.8) is 0 Å². The van der Waals surface area contributed by atoms with Gasteiger partial charge in [0.15, 0.2) is 0 Å². The van der Waals surface area contributed by atoms with Gasteiger partial charge in [-0.05, 0) is 43.5 Å². The number of anilines is 1. The number of carbonyl (C=O) groups excluding carboxylic acids is 3. The fourth-order valence-electron chi connectivity index (χ4n) is 3.29. The number of rotatable bonds is 7. The van der Waals surface area contributed by atoms with Crippen LogP contribution in [0.25, 0.3) is 0 Å². The Balaban J connectivity index is 1.72. The number of aryl methyl sites for hydroxylation is 1. The van der Waals surface area contributed by atoms with E-state index < -0.39 is 18.1 Å². The number of nitrogens with one attached hydrogen (secondary N) is 2. The number of methoxy groups -OCH3 is 1. The van der Waals surface area contributed by atoms with Gasteiger partial charge in [0, 0.05) is 17.9 Å². The molecule has 0 aromatic heterocycles. The molecule has 158 valence electrons. The van der Waals surface area contributed by atoms with Gasteiger partial charge in [-0.3, -0.25) is 14.4 Å². The lowest BCUT2D eigenvalue weighted by molar-refractivity contribution is -0.141. The van der Waals surface area contributed by atoms with E-state index in [4.69, 9.17) is 9.47 Å². The average Bonchev–Trinajstić information content (AvgIpc) is 3.29. The Morgan fingerprint density at radius 2 is 1.93 bits per heavy atom. The van der Waals surface area contributed by atoms with Crippen LogP contribution in [0.15, 0.2) is 48.5 Å². The summed E-state index contributed by atoms with van der Waals surface area (Å²) in [7, 11) is 1.32. The van der Waals surface area contributed by atoms with E-state index in [-0.39, 0.29) is 18.2 Å². The monoisotopic (exact) mass is 410 g/mol. The minimum absolute atomic E-state index is 0.0146. The molecule has 0 bridgehead atoms. The Hall–Kier alpha value is -3.19. The first-order chi connectivity index (χ1) is 14.5. The molecule has 7 nitrogen and oxygen atoms in total. The second-order valence-corrected chi connectivity index (χ2v) is 7.29. The van der Waals surface area contributed by atoms with Crippen molar-refractivity contribution >= 4 is 23.5 Å². The topological polar surface area (TPSA) is 93.7 Å². The van der Waals surface area contributed by atoms with Gasteiger partial charge >= 0.3 is 5.97 Å². The van der Waals surface area contributed by atoms with Gasteiger partial charge in [0.05, 0.1) is 19.6 Å². The van der Waals surface area contributed by atoms with Crippen molar-refractivity contribution in [1.82, 2.24) is 5.32 Å². The number of ether oxygens (including phenoxy) is 2. The van der Waals surface area contributed by atoms with Crippen LogP contribution in [0.5, 0.6) is 0 Å². The molecule has 0 radical (unpaired) electrons. The van der Waals surface area contributed by atoms with Crippen LogP contribution < -0.4 is 10.6 Å². The van der Waals surface area contributed by atoms with Gasteiger partial charge in [-0.2, -0.15) is 0 Å². The van der Waals surface area contributed by atoms with Gasteiger partial charge in [0.2, 0.25) is 0 Å². The molecule has 2 atom stereocenters. The second-order valence-electron chi connectivity index (χ2n) is 7.29. The molecule has 2 amide bonds. The molecule has 1 saturated heterocycles. The molecule has 0 spiro atoms. The maximum absolute atomic E-state index is 12.9. The lowest BCUT2D eigenvalue weighted by Crippen LogP contribution is -2.31. The van der Waals surface area contributed by atoms with E-state index in [1.54, 1.807) is 24.3 Å². The maximum atomic E-state index is 12.9. The Morgan fingerprint density at radius 3 is 2.60 bits per heavy atom. The van der Waals surface area contributed by atoms with Crippen molar-refractivity contribution in [2.45, 2.75) is 38.3 Å². The van der Waals surface area contributed by atoms with Crippen molar-refractivity contribution < 1.29 is 23.9 Å². The van der Waals surface area contributed by atoms with E-state index in [1.165, 1.54) is 7.11 Å². The molecule has 2 aromatic rings. The number of hydrogen-bond donors (Lipinski definition) is 2. The number of esters is 1. The normalized spacial score (nSPS) is 16.5. The zero-order valence-electron chi connectivity index (χ0n) is 17.1. The van der Waals surface area contributed by atoms with Gasteiger partial charge in [0.1, 0.15) is 6.10 Å². The SMILES string of the molecule is COC(=O)C[C@@H](NC(=O)c1cccc(NC(=O)[C@@H]2CCCO2)c1)c1ccc(C)cc1. The van der Waals surface area contributed by atoms with Crippen molar-refractivity contribution in [3.05, 3.63) is 65.2 Å². The molecule has 1 fully saturated rings. The molecule has 0 unspecified atom stereocenters. The molecule has 7 heteroatoms. The summed E-state index contributed by atoms with van der Waals surface area (Å²) in [6.45, 7) is 2.55. The molecule has 2 aromatic carbocycles. The highest BCUT2D eigenvalue weighted by molar-refractivity contribution is 5.98. The molecule has 30 heavy (non-hydrogen) atoms. The first kappa shape index (κ1) is 21.5. The van der Waals surface area contributed by atoms with Crippen molar-refractivity contribution in [2.24, 2.45) is 0 Å². The fourth-order valence-corrected chi connectivity index (χ4v) is 3.29. The zero-order valence-corrected chi connectivity index (χ0v) is 17.1. The predicted octanol–water partition coefficient (Wildman–Crippen LogP) is 3.15. The first-order valence-corrected chi connectivity index (χ1v) is 9.93. The summed E-state index contributed by atoms with van der Waals surface area (Å²) < 4.78 is 10.2. The minimum Gasteiger partial charge on any atom is -0.469 e. The highest BCUT2D eigenvalue weighted by Gasteiger charge is 2.24. The summed E-state index contributed by atoms with van der Waals surface area (Å²) in [6.07, 6.45) is 1.12. The molecule has 3 rings (SSSR count). The minimum atomic E-state index is -0.532. The summed E-state index contributed by atoms with van der Waals surface area (Å²) in [5, 5.41) is 5.69. The van der Waals surface area contributed by atoms with E-state index in [0.717, 1.165) is 17.5 Å². The smallest absolute Gasteiger partial charge is 0.307 e. The highest BCUT2D eigenvalue weighted by Crippen LogP contribution is 2.20. The van der Waals surface area contributed by atoms with E-state index in [1.807, 2.05) is 31.2 Å². The van der Waals surface area contributed by atoms with Crippen LogP contribution in [0.3, 0.4) is 0 Å². The van der Waals surface area contributed by atoms with Crippen LogP contribution in [0.4, 0.5) is 5.69 Å². The first-order valence-electron chi connectivity index (χ1n) is 9.93. The van der Waals surface area contributed by atoms with E-state index in [0.29, 0.717) is 24.3 Å². The third-order valence-electron chi connectivity index (χ3n) is 5.00. The quantitative estimate of drug-likeness (QED) is 0.684. The average molecular weight is 410 g/mol. The lowest BCUT2D eigenvalue weighted by atomic mass is 10.0. The predicted molar refractivity (Wildman–Crippen MR) is 112 cm³/mol. The standard InChI is InChI=1S/C23H26N2O5/c1-15-8-10-16(11-9-15)19(14-21(26)29-2)25-22(27)17-5-3-6-18(13-17)24-23(28)20-7-4-12-30-20/h3,5-6,8-11,13,19-20H,4,7,12,14H2,1-2H3,(H,24,28)(H,25,27)/t19-,20+/m1/s1. The van der Waals surface area contributed by atoms with Crippen LogP contribution in [-0.2, 0) is 19.1 Å². The molecule has 0 aliphatic carbocycles. The Labute approximate surface area is 175 Å². The third kappa shape index (κ3) is 5.67. The number of carbonyl (C=O) groups is 3. The second kappa shape index (κ2) is 10.0. The lowest BCUT2D eigenvalue weighted by Gasteiger charge is -2.19. The molecule has 2 N–H and O–H groups in total. The molecule has 1 aliphatic rings. The summed E-state index contributed by atoms with van der Waals surface area (Å²) >= 11 is 0. The van der Waals surface area contributed by atoms with Crippen molar-refractivity contribution in [2.75, 3.05) is 19.0 Å². The largest absolute Gasteiger partial charge is 0.469 e. The zero-order chi connectivity index (χ0) is 21.5. The van der Waals surface area contributed by atoms with Crippen LogP contribution >= 0.6 is 0 Å². The van der Waals surface area contributed by atoms with E-state index in [2.05, 4.69) is 10.6 Å². The maximum Gasteiger partial charge on any atom is 0.307 e. The summed E-state index contributed by atoms with van der Waals surface area (Å²) in [5.41, 5.74) is 2.78. The van der Waals surface area contributed by atoms with Gasteiger partial charge < -0.3 is 20.1 Å². The van der Waals surface area contributed by atoms with Crippen LogP contribution in [0.2, 0.25) is 0 Å². The van der Waals surface area contributed by atoms with Gasteiger partial charge in [0.25, 0.3) is 11.8 Å². The summed E-state index contributed by atoms with van der Waals surface area (Å²) in [4.78, 5) is 37.0. The van der Waals surface area contributed by atoms with Crippen molar-refractivity contribution in [1.29, 1.82) is 0 Å². The molecule has 1 aliphatic heterocycles. The number of amides is 2. The molecule has 0 saturated carbocycles. The van der Waals surface area contributed by atoms with Gasteiger partial charge in [-0.1, -0.05) is 35.9 Å². The van der Waals surface area contributed by atoms with Crippen LogP contribution in [0.1, 0.15) is 46.8 Å². The Bertz CT molecular complexity index is 904. The Morgan fingerprint density at radius 1 is 1.17 bits per heavy atom. The highest BCUT2D eigenvalue weighted by atomic mass is 16.5. The van der Waals surface area contributed by atoms with Gasteiger partial charge in [-0.15, -0.1) is 0 Å². The Kier molecular flexibility index (Phi) is 7.19. The van der Waals surface area contributed by atoms with Crippen LogP contribution in [0, 0.1) is 6.92 Å².